The fourth-order valence-corrected chi connectivity index (χ4v) is 5.29. The minimum absolute atomic E-state index is 0.0140. The summed E-state index contributed by atoms with van der Waals surface area (Å²) in [7, 11) is 0. The highest BCUT2D eigenvalue weighted by Gasteiger charge is 2.28. The highest BCUT2D eigenvalue weighted by molar-refractivity contribution is 7.14. The first-order chi connectivity index (χ1) is 13.7. The number of carbonyl (C=O) groups is 2. The van der Waals surface area contributed by atoms with E-state index >= 15 is 0 Å². The van der Waals surface area contributed by atoms with Crippen molar-refractivity contribution in [2.75, 3.05) is 13.1 Å². The van der Waals surface area contributed by atoms with Gasteiger partial charge in [-0.1, -0.05) is 18.9 Å². The van der Waals surface area contributed by atoms with Crippen LogP contribution >= 0.6 is 11.3 Å². The first-order valence-electron chi connectivity index (χ1n) is 10.3. The Kier molecular flexibility index (Phi) is 6.05. The quantitative estimate of drug-likeness (QED) is 0.858. The molecule has 1 aliphatic carbocycles. The molecule has 5 nitrogen and oxygen atoms in total. The van der Waals surface area contributed by atoms with Crippen LogP contribution in [0.5, 0.6) is 0 Å². The normalized spacial score (nSPS) is 19.6. The van der Waals surface area contributed by atoms with Gasteiger partial charge >= 0.3 is 0 Å². The van der Waals surface area contributed by atoms with E-state index in [1.165, 1.54) is 23.3 Å². The maximum absolute atomic E-state index is 12.9. The van der Waals surface area contributed by atoms with Gasteiger partial charge in [0.25, 0.3) is 5.91 Å². The van der Waals surface area contributed by atoms with Crippen molar-refractivity contribution in [2.24, 2.45) is 5.92 Å². The van der Waals surface area contributed by atoms with E-state index in [0.717, 1.165) is 55.6 Å². The van der Waals surface area contributed by atoms with Crippen molar-refractivity contribution in [3.63, 3.8) is 0 Å². The number of thiophene rings is 1. The molecule has 0 radical (unpaired) electrons. The molecular weight excluding hydrogens is 370 g/mol. The van der Waals surface area contributed by atoms with Crippen LogP contribution in [0.1, 0.15) is 57.8 Å². The lowest BCUT2D eigenvalue weighted by Gasteiger charge is -2.21. The summed E-state index contributed by atoms with van der Waals surface area (Å²) in [5, 5.41) is 3.04. The third-order valence-corrected chi connectivity index (χ3v) is 6.97. The van der Waals surface area contributed by atoms with E-state index in [2.05, 4.69) is 10.3 Å². The van der Waals surface area contributed by atoms with Crippen LogP contribution in [-0.4, -0.2) is 34.8 Å². The molecule has 4 rings (SSSR count). The number of aryl methyl sites for hydroxylation is 1. The van der Waals surface area contributed by atoms with Crippen molar-refractivity contribution in [1.29, 1.82) is 0 Å². The molecule has 0 bridgehead atoms. The van der Waals surface area contributed by atoms with Crippen LogP contribution in [0.25, 0.3) is 0 Å². The van der Waals surface area contributed by atoms with Crippen LogP contribution in [0.15, 0.2) is 30.6 Å². The zero-order valence-electron chi connectivity index (χ0n) is 16.2. The molecule has 0 aromatic carbocycles. The van der Waals surface area contributed by atoms with Gasteiger partial charge in [0.15, 0.2) is 0 Å². The Bertz CT molecular complexity index is 826. The number of carbonyl (C=O) groups excluding carboxylic acids is 2. The van der Waals surface area contributed by atoms with E-state index < -0.39 is 0 Å². The number of hydrogen-bond acceptors (Lipinski definition) is 4. The molecular formula is C22H27N3O2S. The summed E-state index contributed by atoms with van der Waals surface area (Å²) in [6.45, 7) is 2.26. The Hall–Kier alpha value is -2.21. The number of nitrogens with zero attached hydrogens (tertiary/aromatic N) is 2. The molecule has 1 atom stereocenters. The summed E-state index contributed by atoms with van der Waals surface area (Å²) in [6.07, 6.45) is 10.6. The Labute approximate surface area is 170 Å². The first kappa shape index (κ1) is 19.1. The molecule has 2 aromatic rings. The van der Waals surface area contributed by atoms with E-state index in [9.17, 15) is 9.59 Å². The van der Waals surface area contributed by atoms with Crippen molar-refractivity contribution < 1.29 is 9.59 Å². The molecule has 2 aromatic heterocycles. The average Bonchev–Trinajstić information content (AvgIpc) is 2.97. The van der Waals surface area contributed by atoms with Crippen LogP contribution in [0, 0.1) is 5.92 Å². The lowest BCUT2D eigenvalue weighted by Crippen LogP contribution is -2.33. The first-order valence-corrected chi connectivity index (χ1v) is 11.1. The lowest BCUT2D eigenvalue weighted by molar-refractivity contribution is -0.125. The zero-order chi connectivity index (χ0) is 19.3. The average molecular weight is 398 g/mol. The van der Waals surface area contributed by atoms with E-state index in [4.69, 9.17) is 0 Å². The summed E-state index contributed by atoms with van der Waals surface area (Å²) >= 11 is 1.64. The molecule has 0 saturated carbocycles. The largest absolute Gasteiger partial charge is 0.352 e. The van der Waals surface area contributed by atoms with Crippen LogP contribution in [0.2, 0.25) is 0 Å². The summed E-state index contributed by atoms with van der Waals surface area (Å²) in [4.78, 5) is 33.7. The zero-order valence-corrected chi connectivity index (χ0v) is 17.0. The third-order valence-electron chi connectivity index (χ3n) is 5.75. The standard InChI is InChI=1S/C22H27N3O2S/c26-21(24-15-16-6-5-9-23-14-16)17-7-8-19-18(12-17)13-20(28-19)22(27)25-10-3-1-2-4-11-25/h5-6,9,13-14,17H,1-4,7-8,10-12,15H2,(H,24,26). The van der Waals surface area contributed by atoms with Crippen LogP contribution in [0.3, 0.4) is 0 Å². The fourth-order valence-electron chi connectivity index (χ4n) is 4.12. The molecule has 0 spiro atoms. The number of amides is 2. The van der Waals surface area contributed by atoms with Crippen LogP contribution in [0.4, 0.5) is 0 Å². The number of hydrogen-bond donors (Lipinski definition) is 1. The van der Waals surface area contributed by atoms with Crippen LogP contribution in [-0.2, 0) is 24.2 Å². The van der Waals surface area contributed by atoms with Crippen molar-refractivity contribution in [2.45, 2.75) is 51.5 Å². The van der Waals surface area contributed by atoms with Gasteiger partial charge < -0.3 is 10.2 Å². The summed E-state index contributed by atoms with van der Waals surface area (Å²) < 4.78 is 0. The van der Waals surface area contributed by atoms with Gasteiger partial charge in [0, 0.05) is 42.8 Å². The molecule has 1 saturated heterocycles. The van der Waals surface area contributed by atoms with Gasteiger partial charge in [-0.2, -0.15) is 0 Å². The van der Waals surface area contributed by atoms with E-state index in [-0.39, 0.29) is 17.7 Å². The molecule has 6 heteroatoms. The molecule has 148 valence electrons. The highest BCUT2D eigenvalue weighted by Crippen LogP contribution is 2.33. The molecule has 2 aliphatic rings. The number of nitrogens with one attached hydrogen (secondary N) is 1. The summed E-state index contributed by atoms with van der Waals surface area (Å²) in [6, 6.07) is 5.89. The third kappa shape index (κ3) is 4.43. The summed E-state index contributed by atoms with van der Waals surface area (Å²) in [5.41, 5.74) is 2.20. The highest BCUT2D eigenvalue weighted by atomic mass is 32.1. The SMILES string of the molecule is O=C(NCc1cccnc1)C1CCc2sc(C(=O)N3CCCCCC3)cc2C1. The number of pyridine rings is 1. The minimum Gasteiger partial charge on any atom is -0.352 e. The maximum Gasteiger partial charge on any atom is 0.263 e. The van der Waals surface area contributed by atoms with Gasteiger partial charge in [0.05, 0.1) is 4.88 Å². The predicted molar refractivity (Wildman–Crippen MR) is 110 cm³/mol. The second-order valence-corrected chi connectivity index (χ2v) is 8.92. The fraction of sp³-hybridized carbons (Fsp3) is 0.500. The van der Waals surface area contributed by atoms with Crippen molar-refractivity contribution >= 4 is 23.2 Å². The smallest absolute Gasteiger partial charge is 0.263 e. The second-order valence-electron chi connectivity index (χ2n) is 7.78. The topological polar surface area (TPSA) is 62.3 Å². The van der Waals surface area contributed by atoms with Gasteiger partial charge in [-0.3, -0.25) is 14.6 Å². The number of likely N-dealkylation sites (tertiary alicyclic amines) is 1. The molecule has 1 aliphatic heterocycles. The van der Waals surface area contributed by atoms with Gasteiger partial charge in [-0.15, -0.1) is 11.3 Å². The Morgan fingerprint density at radius 3 is 2.79 bits per heavy atom. The molecule has 2 amide bonds. The predicted octanol–water partition coefficient (Wildman–Crippen LogP) is 3.58. The lowest BCUT2D eigenvalue weighted by atomic mass is 9.87. The molecule has 1 N–H and O–H groups in total. The maximum atomic E-state index is 12.9. The number of rotatable bonds is 4. The molecule has 3 heterocycles. The van der Waals surface area contributed by atoms with Crippen molar-refractivity contribution in [3.05, 3.63) is 51.5 Å². The van der Waals surface area contributed by atoms with E-state index in [1.54, 1.807) is 23.7 Å². The van der Waals surface area contributed by atoms with Crippen molar-refractivity contribution in [3.8, 4) is 0 Å². The Morgan fingerprint density at radius 1 is 1.21 bits per heavy atom. The van der Waals surface area contributed by atoms with Crippen molar-refractivity contribution in [1.82, 2.24) is 15.2 Å². The number of fused-ring (bicyclic) bond motifs is 1. The van der Waals surface area contributed by atoms with E-state index in [0.29, 0.717) is 6.54 Å². The molecule has 28 heavy (non-hydrogen) atoms. The number of aromatic nitrogens is 1. The monoisotopic (exact) mass is 397 g/mol. The van der Waals surface area contributed by atoms with Gasteiger partial charge in [0.1, 0.15) is 0 Å². The van der Waals surface area contributed by atoms with Gasteiger partial charge in [-0.05, 0) is 55.4 Å². The van der Waals surface area contributed by atoms with Crippen LogP contribution < -0.4 is 5.32 Å². The molecule has 1 unspecified atom stereocenters. The Morgan fingerprint density at radius 2 is 2.04 bits per heavy atom. The molecule has 1 fully saturated rings. The second kappa shape index (κ2) is 8.86. The van der Waals surface area contributed by atoms with Gasteiger partial charge in [-0.25, -0.2) is 0 Å². The Balaban J connectivity index is 1.37. The summed E-state index contributed by atoms with van der Waals surface area (Å²) in [5.74, 6) is 0.264. The minimum atomic E-state index is -0.0140. The van der Waals surface area contributed by atoms with E-state index in [1.807, 2.05) is 23.1 Å². The van der Waals surface area contributed by atoms with Gasteiger partial charge in [0.2, 0.25) is 5.91 Å².